The van der Waals surface area contributed by atoms with Gasteiger partial charge in [-0.15, -0.1) is 0 Å². The third kappa shape index (κ3) is 0.942. The second-order valence-electron chi connectivity index (χ2n) is 2.40. The molecule has 0 aromatic carbocycles. The lowest BCUT2D eigenvalue weighted by Crippen LogP contribution is -2.16. The predicted molar refractivity (Wildman–Crippen MR) is 51.8 cm³/mol. The van der Waals surface area contributed by atoms with E-state index in [1.54, 1.807) is 7.05 Å². The molecule has 0 spiro atoms. The van der Waals surface area contributed by atoms with Crippen molar-refractivity contribution in [2.75, 3.05) is 0 Å². The number of halogens is 1. The molecule has 0 amide bonds. The van der Waals surface area contributed by atoms with Crippen LogP contribution < -0.4 is 5.56 Å². The fourth-order valence-electron chi connectivity index (χ4n) is 0.965. The molecule has 0 aliphatic carbocycles. The molecule has 2 heterocycles. The molecular weight excluding hydrogens is 271 g/mol. The molecule has 0 fully saturated rings. The quantitative estimate of drug-likeness (QED) is 0.702. The Morgan fingerprint density at radius 2 is 2.42 bits per heavy atom. The minimum Gasteiger partial charge on any atom is -0.302 e. The third-order valence-electron chi connectivity index (χ3n) is 1.59. The van der Waals surface area contributed by atoms with Crippen LogP contribution in [0.4, 0.5) is 0 Å². The number of rotatable bonds is 0. The fourth-order valence-corrected chi connectivity index (χ4v) is 1.56. The lowest BCUT2D eigenvalue weighted by Gasteiger charge is -1.93. The largest absolute Gasteiger partial charge is 0.302 e. The van der Waals surface area contributed by atoms with Gasteiger partial charge < -0.3 is 4.57 Å². The molecule has 0 atom stereocenters. The highest BCUT2D eigenvalue weighted by Gasteiger charge is 2.08. The Kier molecular flexibility index (Phi) is 1.63. The standard InChI is InChI=1S/C6H5IN4O/c1-11-2-8-5-3(6(11)12)4(7)9-10-5/h2H,1H3,(H,9,10). The van der Waals surface area contributed by atoms with Crippen LogP contribution in [-0.2, 0) is 7.05 Å². The Morgan fingerprint density at radius 3 is 3.17 bits per heavy atom. The van der Waals surface area contributed by atoms with Crippen LogP contribution >= 0.6 is 22.6 Å². The Balaban J connectivity index is 3.06. The van der Waals surface area contributed by atoms with E-state index in [0.717, 1.165) is 3.70 Å². The normalized spacial score (nSPS) is 10.8. The first-order chi connectivity index (χ1) is 5.70. The van der Waals surface area contributed by atoms with E-state index < -0.39 is 0 Å². The maximum atomic E-state index is 11.5. The van der Waals surface area contributed by atoms with Gasteiger partial charge >= 0.3 is 0 Å². The molecule has 2 rings (SSSR count). The number of aromatic amines is 1. The number of H-pyrrole nitrogens is 1. The van der Waals surface area contributed by atoms with Crippen LogP contribution in [0, 0.1) is 3.70 Å². The number of hydrogen-bond acceptors (Lipinski definition) is 3. The fraction of sp³-hybridized carbons (Fsp3) is 0.167. The molecule has 2 aromatic heterocycles. The van der Waals surface area contributed by atoms with Crippen LogP contribution in [0.2, 0.25) is 0 Å². The zero-order chi connectivity index (χ0) is 8.72. The topological polar surface area (TPSA) is 63.6 Å². The summed E-state index contributed by atoms with van der Waals surface area (Å²) in [5, 5.41) is 7.12. The number of aromatic nitrogens is 4. The van der Waals surface area contributed by atoms with E-state index in [0.29, 0.717) is 11.0 Å². The second kappa shape index (κ2) is 2.54. The Hall–Kier alpha value is -0.920. The van der Waals surface area contributed by atoms with E-state index in [1.807, 2.05) is 22.6 Å². The first-order valence-electron chi connectivity index (χ1n) is 3.25. The molecule has 12 heavy (non-hydrogen) atoms. The minimum absolute atomic E-state index is 0.0712. The number of hydrogen-bond donors (Lipinski definition) is 1. The molecular formula is C6H5IN4O. The summed E-state index contributed by atoms with van der Waals surface area (Å²) in [6.45, 7) is 0. The smallest absolute Gasteiger partial charge is 0.265 e. The minimum atomic E-state index is -0.0712. The van der Waals surface area contributed by atoms with Gasteiger partial charge in [-0.05, 0) is 22.6 Å². The first-order valence-corrected chi connectivity index (χ1v) is 4.33. The van der Waals surface area contributed by atoms with Crippen LogP contribution in [0.15, 0.2) is 11.1 Å². The molecule has 0 aliphatic heterocycles. The molecule has 5 nitrogen and oxygen atoms in total. The van der Waals surface area contributed by atoms with Crippen LogP contribution in [0.1, 0.15) is 0 Å². The summed E-state index contributed by atoms with van der Waals surface area (Å²) in [6.07, 6.45) is 1.46. The summed E-state index contributed by atoms with van der Waals surface area (Å²) < 4.78 is 2.16. The average molecular weight is 276 g/mol. The highest BCUT2D eigenvalue weighted by atomic mass is 127. The van der Waals surface area contributed by atoms with Gasteiger partial charge in [0.25, 0.3) is 5.56 Å². The van der Waals surface area contributed by atoms with E-state index in [4.69, 9.17) is 0 Å². The molecule has 0 unspecified atom stereocenters. The summed E-state index contributed by atoms with van der Waals surface area (Å²) in [5.74, 6) is 0. The highest BCUT2D eigenvalue weighted by Crippen LogP contribution is 2.09. The molecule has 2 aromatic rings. The van der Waals surface area contributed by atoms with Crippen LogP contribution in [0.25, 0.3) is 11.0 Å². The third-order valence-corrected chi connectivity index (χ3v) is 2.37. The molecule has 0 saturated carbocycles. The zero-order valence-corrected chi connectivity index (χ0v) is 8.36. The van der Waals surface area contributed by atoms with Crippen LogP contribution in [0.3, 0.4) is 0 Å². The van der Waals surface area contributed by atoms with Crippen LogP contribution in [0.5, 0.6) is 0 Å². The number of nitrogens with one attached hydrogen (secondary N) is 1. The zero-order valence-electron chi connectivity index (χ0n) is 6.21. The molecule has 0 radical (unpaired) electrons. The van der Waals surface area contributed by atoms with E-state index >= 15 is 0 Å². The lowest BCUT2D eigenvalue weighted by molar-refractivity contribution is 0.841. The molecule has 0 aliphatic rings. The summed E-state index contributed by atoms with van der Waals surface area (Å²) in [7, 11) is 1.66. The van der Waals surface area contributed by atoms with Gasteiger partial charge in [0.05, 0.1) is 6.33 Å². The maximum absolute atomic E-state index is 11.5. The van der Waals surface area contributed by atoms with Crippen molar-refractivity contribution in [1.29, 1.82) is 0 Å². The number of nitrogens with zero attached hydrogens (tertiary/aromatic N) is 3. The van der Waals surface area contributed by atoms with Crippen molar-refractivity contribution in [3.8, 4) is 0 Å². The Morgan fingerprint density at radius 1 is 1.67 bits per heavy atom. The number of fused-ring (bicyclic) bond motifs is 1. The summed E-state index contributed by atoms with van der Waals surface area (Å²) >= 11 is 2.02. The molecule has 0 bridgehead atoms. The predicted octanol–water partition coefficient (Wildman–Crippen LogP) is 0.261. The van der Waals surface area contributed by atoms with Gasteiger partial charge in [-0.25, -0.2) is 4.98 Å². The summed E-state index contributed by atoms with van der Waals surface area (Å²) in [6, 6.07) is 0. The van der Waals surface area contributed by atoms with Crippen molar-refractivity contribution in [1.82, 2.24) is 19.7 Å². The summed E-state index contributed by atoms with van der Waals surface area (Å²) in [4.78, 5) is 15.4. The Bertz CT molecular complexity index is 486. The number of aryl methyl sites for hydroxylation is 1. The van der Waals surface area contributed by atoms with Crippen molar-refractivity contribution in [2.24, 2.45) is 7.05 Å². The monoisotopic (exact) mass is 276 g/mol. The van der Waals surface area contributed by atoms with Gasteiger partial charge in [0.1, 0.15) is 9.09 Å². The first kappa shape index (κ1) is 7.71. The van der Waals surface area contributed by atoms with Gasteiger partial charge in [-0.1, -0.05) is 0 Å². The second-order valence-corrected chi connectivity index (χ2v) is 3.48. The Labute approximate surface area is 80.9 Å². The maximum Gasteiger partial charge on any atom is 0.265 e. The van der Waals surface area contributed by atoms with Crippen molar-refractivity contribution in [3.05, 3.63) is 20.4 Å². The van der Waals surface area contributed by atoms with E-state index in [1.165, 1.54) is 10.9 Å². The van der Waals surface area contributed by atoms with Crippen molar-refractivity contribution in [3.63, 3.8) is 0 Å². The SMILES string of the molecule is Cn1cnc2n[nH]c(I)c2c1=O. The molecule has 6 heteroatoms. The van der Waals surface area contributed by atoms with Crippen molar-refractivity contribution in [2.45, 2.75) is 0 Å². The average Bonchev–Trinajstić information content (AvgIpc) is 2.41. The van der Waals surface area contributed by atoms with E-state index in [9.17, 15) is 4.79 Å². The van der Waals surface area contributed by atoms with Gasteiger partial charge in [-0.3, -0.25) is 9.89 Å². The molecule has 1 N–H and O–H groups in total. The van der Waals surface area contributed by atoms with Gasteiger partial charge in [0, 0.05) is 7.05 Å². The molecule has 0 saturated heterocycles. The lowest BCUT2D eigenvalue weighted by atomic mass is 10.4. The van der Waals surface area contributed by atoms with Gasteiger partial charge in [-0.2, -0.15) is 5.10 Å². The van der Waals surface area contributed by atoms with Crippen LogP contribution in [-0.4, -0.2) is 19.7 Å². The van der Waals surface area contributed by atoms with Crippen molar-refractivity contribution >= 4 is 33.6 Å². The molecule has 62 valence electrons. The summed E-state index contributed by atoms with van der Waals surface area (Å²) in [5.41, 5.74) is 0.403. The van der Waals surface area contributed by atoms with E-state index in [-0.39, 0.29) is 5.56 Å². The van der Waals surface area contributed by atoms with Gasteiger partial charge in [0.2, 0.25) is 0 Å². The highest BCUT2D eigenvalue weighted by molar-refractivity contribution is 14.1. The van der Waals surface area contributed by atoms with Gasteiger partial charge in [0.15, 0.2) is 5.65 Å². The van der Waals surface area contributed by atoms with Crippen molar-refractivity contribution < 1.29 is 0 Å². The van der Waals surface area contributed by atoms with E-state index in [2.05, 4.69) is 15.2 Å².